The minimum absolute atomic E-state index is 0.106. The fourth-order valence-corrected chi connectivity index (χ4v) is 1.69. The summed E-state index contributed by atoms with van der Waals surface area (Å²) in [6, 6.07) is 1.82. The highest BCUT2D eigenvalue weighted by atomic mass is 35.5. The number of pyridine rings is 1. The van der Waals surface area contributed by atoms with Crippen LogP contribution in [0.2, 0.25) is 5.02 Å². The average molecular weight is 265 g/mol. The van der Waals surface area contributed by atoms with Gasteiger partial charge in [-0.15, -0.1) is 0 Å². The SMILES string of the molecule is Cc1ccnc(-n2cc(C(=O)N(C)C)cn2)c1Cl. The molecule has 1 amide bonds. The summed E-state index contributed by atoms with van der Waals surface area (Å²) in [4.78, 5) is 17.4. The van der Waals surface area contributed by atoms with Crippen molar-refractivity contribution in [1.82, 2.24) is 19.7 Å². The lowest BCUT2D eigenvalue weighted by Gasteiger charge is -2.07. The van der Waals surface area contributed by atoms with Gasteiger partial charge in [0.2, 0.25) is 0 Å². The van der Waals surface area contributed by atoms with E-state index in [-0.39, 0.29) is 5.91 Å². The number of carbonyl (C=O) groups is 1. The number of halogens is 1. The monoisotopic (exact) mass is 264 g/mol. The number of hydrogen-bond acceptors (Lipinski definition) is 3. The molecule has 5 nitrogen and oxygen atoms in total. The number of amides is 1. The maximum absolute atomic E-state index is 11.8. The molecular formula is C12H13ClN4O. The number of aromatic nitrogens is 3. The predicted molar refractivity (Wildman–Crippen MR) is 69.1 cm³/mol. The van der Waals surface area contributed by atoms with Crippen LogP contribution in [0.1, 0.15) is 15.9 Å². The Morgan fingerprint density at radius 2 is 2.17 bits per heavy atom. The first-order valence-corrected chi connectivity index (χ1v) is 5.76. The van der Waals surface area contributed by atoms with Gasteiger partial charge < -0.3 is 4.90 Å². The van der Waals surface area contributed by atoms with Crippen molar-refractivity contribution in [2.45, 2.75) is 6.92 Å². The Hall–Kier alpha value is -1.88. The molecule has 0 saturated carbocycles. The van der Waals surface area contributed by atoms with Crippen LogP contribution in [0.15, 0.2) is 24.7 Å². The normalized spacial score (nSPS) is 10.4. The molecule has 2 aromatic rings. The zero-order valence-electron chi connectivity index (χ0n) is 10.4. The molecule has 94 valence electrons. The van der Waals surface area contributed by atoms with Gasteiger partial charge in [-0.05, 0) is 18.6 Å². The van der Waals surface area contributed by atoms with Crippen LogP contribution >= 0.6 is 11.6 Å². The Kier molecular flexibility index (Phi) is 3.34. The highest BCUT2D eigenvalue weighted by Crippen LogP contribution is 2.21. The van der Waals surface area contributed by atoms with Gasteiger partial charge in [0, 0.05) is 26.5 Å². The predicted octanol–water partition coefficient (Wildman–Crippen LogP) is 1.93. The van der Waals surface area contributed by atoms with Crippen molar-refractivity contribution in [3.63, 3.8) is 0 Å². The van der Waals surface area contributed by atoms with E-state index in [2.05, 4.69) is 10.1 Å². The molecule has 0 N–H and O–H groups in total. The van der Waals surface area contributed by atoms with E-state index in [1.54, 1.807) is 26.5 Å². The largest absolute Gasteiger partial charge is 0.345 e. The van der Waals surface area contributed by atoms with E-state index in [4.69, 9.17) is 11.6 Å². The molecule has 0 spiro atoms. The number of nitrogens with zero attached hydrogens (tertiary/aromatic N) is 4. The molecule has 0 bridgehead atoms. The standard InChI is InChI=1S/C12H13ClN4O/c1-8-4-5-14-11(10(8)13)17-7-9(6-15-17)12(18)16(2)3/h4-7H,1-3H3. The van der Waals surface area contributed by atoms with Gasteiger partial charge in [-0.25, -0.2) is 9.67 Å². The molecule has 18 heavy (non-hydrogen) atoms. The van der Waals surface area contributed by atoms with Crippen molar-refractivity contribution in [2.24, 2.45) is 0 Å². The quantitative estimate of drug-likeness (QED) is 0.833. The summed E-state index contributed by atoms with van der Waals surface area (Å²) in [6.45, 7) is 1.89. The topological polar surface area (TPSA) is 51.0 Å². The molecule has 6 heteroatoms. The minimum Gasteiger partial charge on any atom is -0.345 e. The van der Waals surface area contributed by atoms with E-state index < -0.39 is 0 Å². The lowest BCUT2D eigenvalue weighted by atomic mass is 10.3. The van der Waals surface area contributed by atoms with E-state index in [0.29, 0.717) is 16.4 Å². The molecule has 2 rings (SSSR count). The van der Waals surface area contributed by atoms with Gasteiger partial charge in [0.15, 0.2) is 5.82 Å². The Morgan fingerprint density at radius 3 is 2.83 bits per heavy atom. The summed E-state index contributed by atoms with van der Waals surface area (Å²) in [6.07, 6.45) is 4.78. The minimum atomic E-state index is -0.106. The molecule has 0 fully saturated rings. The van der Waals surface area contributed by atoms with E-state index in [9.17, 15) is 4.79 Å². The van der Waals surface area contributed by atoms with Crippen molar-refractivity contribution in [3.05, 3.63) is 40.8 Å². The summed E-state index contributed by atoms with van der Waals surface area (Å²) < 4.78 is 1.51. The number of hydrogen-bond donors (Lipinski definition) is 0. The second-order valence-electron chi connectivity index (χ2n) is 4.14. The average Bonchev–Trinajstić information content (AvgIpc) is 2.80. The molecule has 2 aromatic heterocycles. The number of rotatable bonds is 2. The van der Waals surface area contributed by atoms with Crippen LogP contribution in [0.5, 0.6) is 0 Å². The molecule has 0 atom stereocenters. The Morgan fingerprint density at radius 1 is 1.44 bits per heavy atom. The zero-order valence-corrected chi connectivity index (χ0v) is 11.1. The van der Waals surface area contributed by atoms with Crippen LogP contribution in [0, 0.1) is 6.92 Å². The Bertz CT molecular complexity index is 592. The third-order valence-electron chi connectivity index (χ3n) is 2.52. The van der Waals surface area contributed by atoms with Crippen molar-refractivity contribution in [3.8, 4) is 5.82 Å². The number of carbonyl (C=O) groups excluding carboxylic acids is 1. The van der Waals surface area contributed by atoms with Crippen LogP contribution in [-0.2, 0) is 0 Å². The van der Waals surface area contributed by atoms with Gasteiger partial charge in [-0.3, -0.25) is 4.79 Å². The van der Waals surface area contributed by atoms with E-state index in [1.807, 2.05) is 13.0 Å². The molecule has 2 heterocycles. The maximum atomic E-state index is 11.8. The van der Waals surface area contributed by atoms with Gasteiger partial charge in [0.25, 0.3) is 5.91 Å². The first-order valence-electron chi connectivity index (χ1n) is 5.38. The van der Waals surface area contributed by atoms with E-state index in [0.717, 1.165) is 5.56 Å². The Balaban J connectivity index is 2.41. The van der Waals surface area contributed by atoms with Crippen LogP contribution in [0.4, 0.5) is 0 Å². The molecule has 0 aliphatic heterocycles. The van der Waals surface area contributed by atoms with Crippen molar-refractivity contribution in [1.29, 1.82) is 0 Å². The highest BCUT2D eigenvalue weighted by molar-refractivity contribution is 6.32. The summed E-state index contributed by atoms with van der Waals surface area (Å²) >= 11 is 6.16. The second kappa shape index (κ2) is 4.78. The van der Waals surface area contributed by atoms with Crippen molar-refractivity contribution in [2.75, 3.05) is 14.1 Å². The molecule has 0 aliphatic rings. The van der Waals surface area contributed by atoms with Gasteiger partial charge in [0.05, 0.1) is 16.8 Å². The Labute approximate surface area is 110 Å². The fourth-order valence-electron chi connectivity index (χ4n) is 1.49. The summed E-state index contributed by atoms with van der Waals surface area (Å²) in [5.74, 6) is 0.416. The summed E-state index contributed by atoms with van der Waals surface area (Å²) in [5, 5.41) is 4.65. The highest BCUT2D eigenvalue weighted by Gasteiger charge is 2.13. The van der Waals surface area contributed by atoms with Crippen LogP contribution in [0.25, 0.3) is 5.82 Å². The third kappa shape index (κ3) is 2.22. The third-order valence-corrected chi connectivity index (χ3v) is 2.98. The lowest BCUT2D eigenvalue weighted by Crippen LogP contribution is -2.21. The van der Waals surface area contributed by atoms with Gasteiger partial charge in [0.1, 0.15) is 0 Å². The maximum Gasteiger partial charge on any atom is 0.256 e. The van der Waals surface area contributed by atoms with Crippen LogP contribution in [-0.4, -0.2) is 39.7 Å². The van der Waals surface area contributed by atoms with Gasteiger partial charge >= 0.3 is 0 Å². The first-order chi connectivity index (χ1) is 8.50. The smallest absolute Gasteiger partial charge is 0.256 e. The second-order valence-corrected chi connectivity index (χ2v) is 4.52. The van der Waals surface area contributed by atoms with Gasteiger partial charge in [-0.1, -0.05) is 11.6 Å². The van der Waals surface area contributed by atoms with Crippen molar-refractivity contribution >= 4 is 17.5 Å². The zero-order chi connectivity index (χ0) is 13.3. The van der Waals surface area contributed by atoms with E-state index in [1.165, 1.54) is 15.8 Å². The van der Waals surface area contributed by atoms with E-state index >= 15 is 0 Å². The lowest BCUT2D eigenvalue weighted by molar-refractivity contribution is 0.0827. The molecule has 0 saturated heterocycles. The van der Waals surface area contributed by atoms with Crippen LogP contribution < -0.4 is 0 Å². The van der Waals surface area contributed by atoms with Gasteiger partial charge in [-0.2, -0.15) is 5.10 Å². The molecule has 0 aliphatic carbocycles. The molecule has 0 radical (unpaired) electrons. The summed E-state index contributed by atoms with van der Waals surface area (Å²) in [5.41, 5.74) is 1.41. The van der Waals surface area contributed by atoms with Crippen LogP contribution in [0.3, 0.4) is 0 Å². The first kappa shape index (κ1) is 12.6. The molecule has 0 aromatic carbocycles. The molecular weight excluding hydrogens is 252 g/mol. The number of aryl methyl sites for hydroxylation is 1. The molecule has 0 unspecified atom stereocenters. The summed E-state index contributed by atoms with van der Waals surface area (Å²) in [7, 11) is 3.38. The van der Waals surface area contributed by atoms with Crippen molar-refractivity contribution < 1.29 is 4.79 Å². The fraction of sp³-hybridized carbons (Fsp3) is 0.250.